The second-order valence-corrected chi connectivity index (χ2v) is 4.39. The number of hydrogen-bond donors (Lipinski definition) is 2. The minimum Gasteiger partial charge on any atom is -0.317 e. The molecule has 1 unspecified atom stereocenters. The molecule has 0 saturated carbocycles. The van der Waals surface area contributed by atoms with Gasteiger partial charge >= 0.3 is 0 Å². The Morgan fingerprint density at radius 1 is 1.31 bits per heavy atom. The first-order valence-electron chi connectivity index (χ1n) is 6.03. The van der Waals surface area contributed by atoms with Gasteiger partial charge < -0.3 is 10.6 Å². The molecule has 1 fully saturated rings. The van der Waals surface area contributed by atoms with E-state index in [0.717, 1.165) is 31.6 Å². The summed E-state index contributed by atoms with van der Waals surface area (Å²) in [7, 11) is 0. The van der Waals surface area contributed by atoms with Crippen molar-refractivity contribution in [2.75, 3.05) is 13.1 Å². The number of benzene rings is 1. The molecule has 0 amide bonds. The molecule has 3 heteroatoms. The summed E-state index contributed by atoms with van der Waals surface area (Å²) in [6, 6.07) is 7.38. The van der Waals surface area contributed by atoms with E-state index in [4.69, 9.17) is 0 Å². The summed E-state index contributed by atoms with van der Waals surface area (Å²) in [4.78, 5) is 0. The third kappa shape index (κ3) is 3.58. The minimum absolute atomic E-state index is 0.151. The van der Waals surface area contributed by atoms with Crippen LogP contribution in [-0.4, -0.2) is 19.1 Å². The summed E-state index contributed by atoms with van der Waals surface area (Å²) in [5, 5.41) is 6.88. The molecule has 1 aromatic carbocycles. The van der Waals surface area contributed by atoms with Crippen LogP contribution in [0, 0.1) is 5.82 Å². The highest BCUT2D eigenvalue weighted by Crippen LogP contribution is 2.08. The fourth-order valence-corrected chi connectivity index (χ4v) is 2.13. The van der Waals surface area contributed by atoms with E-state index in [2.05, 4.69) is 10.6 Å². The minimum atomic E-state index is -0.151. The predicted molar refractivity (Wildman–Crippen MR) is 63.7 cm³/mol. The normalized spacial score (nSPS) is 21.7. The first-order chi connectivity index (χ1) is 7.84. The lowest BCUT2D eigenvalue weighted by atomic mass is 10.1. The Hall–Kier alpha value is -0.930. The van der Waals surface area contributed by atoms with Crippen molar-refractivity contribution in [1.29, 1.82) is 0 Å². The molecule has 0 bridgehead atoms. The molecule has 1 aliphatic rings. The Balaban J connectivity index is 1.81. The van der Waals surface area contributed by atoms with Crippen molar-refractivity contribution < 1.29 is 4.39 Å². The van der Waals surface area contributed by atoms with E-state index in [-0.39, 0.29) is 5.82 Å². The van der Waals surface area contributed by atoms with Crippen molar-refractivity contribution in [2.45, 2.75) is 31.8 Å². The van der Waals surface area contributed by atoms with Gasteiger partial charge in [-0.05, 0) is 50.0 Å². The van der Waals surface area contributed by atoms with Crippen LogP contribution in [0.5, 0.6) is 0 Å². The molecule has 1 atom stereocenters. The maximum atomic E-state index is 13.0. The van der Waals surface area contributed by atoms with Gasteiger partial charge in [0.1, 0.15) is 5.82 Å². The van der Waals surface area contributed by atoms with Crippen LogP contribution in [0.1, 0.15) is 24.8 Å². The van der Waals surface area contributed by atoms with Gasteiger partial charge in [-0.2, -0.15) is 0 Å². The van der Waals surface area contributed by atoms with E-state index in [1.54, 1.807) is 12.1 Å². The van der Waals surface area contributed by atoms with Crippen molar-refractivity contribution in [2.24, 2.45) is 0 Å². The molecule has 1 saturated heterocycles. The van der Waals surface area contributed by atoms with E-state index in [0.29, 0.717) is 6.04 Å². The lowest BCUT2D eigenvalue weighted by Crippen LogP contribution is -2.29. The maximum absolute atomic E-state index is 13.0. The molecular weight excluding hydrogens is 203 g/mol. The molecule has 2 N–H and O–H groups in total. The highest BCUT2D eigenvalue weighted by Gasteiger charge is 2.10. The van der Waals surface area contributed by atoms with Crippen LogP contribution in [0.2, 0.25) is 0 Å². The van der Waals surface area contributed by atoms with Crippen LogP contribution in [0.15, 0.2) is 24.3 Å². The van der Waals surface area contributed by atoms with E-state index in [1.807, 2.05) is 6.07 Å². The van der Waals surface area contributed by atoms with Crippen LogP contribution in [0.4, 0.5) is 4.39 Å². The van der Waals surface area contributed by atoms with E-state index < -0.39 is 0 Å². The van der Waals surface area contributed by atoms with Crippen LogP contribution in [0.25, 0.3) is 0 Å². The van der Waals surface area contributed by atoms with Gasteiger partial charge in [-0.15, -0.1) is 0 Å². The largest absolute Gasteiger partial charge is 0.317 e. The van der Waals surface area contributed by atoms with E-state index >= 15 is 0 Å². The van der Waals surface area contributed by atoms with Crippen molar-refractivity contribution in [3.63, 3.8) is 0 Å². The summed E-state index contributed by atoms with van der Waals surface area (Å²) in [6.07, 6.45) is 3.60. The Bertz CT molecular complexity index is 319. The molecule has 1 aliphatic heterocycles. The number of rotatable bonds is 3. The molecule has 1 heterocycles. The molecule has 2 rings (SSSR count). The average molecular weight is 222 g/mol. The Morgan fingerprint density at radius 2 is 2.25 bits per heavy atom. The van der Waals surface area contributed by atoms with Gasteiger partial charge in [0.2, 0.25) is 0 Å². The second kappa shape index (κ2) is 5.97. The van der Waals surface area contributed by atoms with Crippen LogP contribution in [-0.2, 0) is 6.54 Å². The van der Waals surface area contributed by atoms with Gasteiger partial charge in [-0.1, -0.05) is 12.1 Å². The van der Waals surface area contributed by atoms with Crippen LogP contribution < -0.4 is 10.6 Å². The molecule has 16 heavy (non-hydrogen) atoms. The van der Waals surface area contributed by atoms with Gasteiger partial charge in [0, 0.05) is 12.6 Å². The summed E-state index contributed by atoms with van der Waals surface area (Å²) >= 11 is 0. The van der Waals surface area contributed by atoms with Gasteiger partial charge in [0.15, 0.2) is 0 Å². The second-order valence-electron chi connectivity index (χ2n) is 4.39. The highest BCUT2D eigenvalue weighted by atomic mass is 19.1. The first kappa shape index (κ1) is 11.6. The average Bonchev–Trinajstić information content (AvgIpc) is 2.55. The fraction of sp³-hybridized carbons (Fsp3) is 0.538. The van der Waals surface area contributed by atoms with E-state index in [1.165, 1.54) is 18.9 Å². The van der Waals surface area contributed by atoms with Gasteiger partial charge in [-0.25, -0.2) is 4.39 Å². The first-order valence-corrected chi connectivity index (χ1v) is 6.03. The summed E-state index contributed by atoms with van der Waals surface area (Å²) in [6.45, 7) is 2.97. The third-order valence-corrected chi connectivity index (χ3v) is 3.06. The van der Waals surface area contributed by atoms with Crippen molar-refractivity contribution >= 4 is 0 Å². The van der Waals surface area contributed by atoms with Crippen molar-refractivity contribution in [3.05, 3.63) is 35.6 Å². The highest BCUT2D eigenvalue weighted by molar-refractivity contribution is 5.16. The Labute approximate surface area is 96.2 Å². The molecule has 0 aliphatic carbocycles. The lowest BCUT2D eigenvalue weighted by molar-refractivity contribution is 0.467. The standard InChI is InChI=1S/C13H19FN2/c14-12-4-1-3-11(9-12)10-16-13-5-2-7-15-8-6-13/h1,3-4,9,13,15-16H,2,5-8,10H2. The smallest absolute Gasteiger partial charge is 0.123 e. The summed E-state index contributed by atoms with van der Waals surface area (Å²) < 4.78 is 13.0. The number of halogens is 1. The number of nitrogens with one attached hydrogen (secondary N) is 2. The summed E-state index contributed by atoms with van der Waals surface area (Å²) in [5.41, 5.74) is 1.03. The molecule has 1 aromatic rings. The predicted octanol–water partition coefficient (Wildman–Crippen LogP) is 2.06. The molecule has 0 radical (unpaired) electrons. The molecular formula is C13H19FN2. The van der Waals surface area contributed by atoms with Crippen LogP contribution >= 0.6 is 0 Å². The van der Waals surface area contributed by atoms with Gasteiger partial charge in [0.25, 0.3) is 0 Å². The molecule has 0 spiro atoms. The molecule has 88 valence electrons. The quantitative estimate of drug-likeness (QED) is 0.818. The van der Waals surface area contributed by atoms with E-state index in [9.17, 15) is 4.39 Å². The van der Waals surface area contributed by atoms with Gasteiger partial charge in [0.05, 0.1) is 0 Å². The SMILES string of the molecule is Fc1cccc(CNC2CCCNCC2)c1. The topological polar surface area (TPSA) is 24.1 Å². The zero-order valence-corrected chi connectivity index (χ0v) is 9.51. The summed E-state index contributed by atoms with van der Waals surface area (Å²) in [5.74, 6) is -0.151. The third-order valence-electron chi connectivity index (χ3n) is 3.06. The van der Waals surface area contributed by atoms with Crippen molar-refractivity contribution in [1.82, 2.24) is 10.6 Å². The Kier molecular flexibility index (Phi) is 4.31. The monoisotopic (exact) mass is 222 g/mol. The van der Waals surface area contributed by atoms with Crippen molar-refractivity contribution in [3.8, 4) is 0 Å². The number of hydrogen-bond acceptors (Lipinski definition) is 2. The maximum Gasteiger partial charge on any atom is 0.123 e. The fourth-order valence-electron chi connectivity index (χ4n) is 2.13. The van der Waals surface area contributed by atoms with Crippen LogP contribution in [0.3, 0.4) is 0 Å². The van der Waals surface area contributed by atoms with Gasteiger partial charge in [-0.3, -0.25) is 0 Å². The Morgan fingerprint density at radius 3 is 3.12 bits per heavy atom. The zero-order valence-electron chi connectivity index (χ0n) is 9.51. The zero-order chi connectivity index (χ0) is 11.2. The molecule has 2 nitrogen and oxygen atoms in total. The lowest BCUT2D eigenvalue weighted by Gasteiger charge is -2.15. The molecule has 0 aromatic heterocycles.